The number of sulfonamides is 1. The molecule has 0 bridgehead atoms. The maximum Gasteiger partial charge on any atom is 0.264 e. The van der Waals surface area contributed by atoms with Crippen LogP contribution in [0.2, 0.25) is 0 Å². The third-order valence-corrected chi connectivity index (χ3v) is 9.69. The van der Waals surface area contributed by atoms with Crippen LogP contribution < -0.4 is 14.4 Å². The summed E-state index contributed by atoms with van der Waals surface area (Å²) in [4.78, 5) is 29.1. The van der Waals surface area contributed by atoms with Crippen LogP contribution in [0, 0.1) is 13.8 Å². The Hall–Kier alpha value is -3.37. The molecule has 3 aromatic carbocycles. The van der Waals surface area contributed by atoms with Gasteiger partial charge in [-0.15, -0.1) is 0 Å². The molecule has 1 N–H and O–H groups in total. The van der Waals surface area contributed by atoms with Crippen LogP contribution in [0.25, 0.3) is 0 Å². The molecule has 0 aliphatic carbocycles. The second-order valence-electron chi connectivity index (χ2n) is 10.3. The molecule has 3 rings (SSSR count). The smallest absolute Gasteiger partial charge is 0.264 e. The van der Waals surface area contributed by atoms with Gasteiger partial charge in [0, 0.05) is 12.6 Å². The fourth-order valence-corrected chi connectivity index (χ4v) is 6.64. The second kappa shape index (κ2) is 14.7. The number of carbonyl (C=O) groups is 2. The summed E-state index contributed by atoms with van der Waals surface area (Å²) in [7, 11) is -2.70. The summed E-state index contributed by atoms with van der Waals surface area (Å²) in [6.07, 6.45) is 1.10. The van der Waals surface area contributed by atoms with Gasteiger partial charge in [0.15, 0.2) is 0 Å². The third-order valence-electron chi connectivity index (χ3n) is 7.30. The summed E-state index contributed by atoms with van der Waals surface area (Å²) in [5.74, 6) is -0.270. The lowest BCUT2D eigenvalue weighted by Gasteiger charge is -2.34. The van der Waals surface area contributed by atoms with Crippen molar-refractivity contribution in [1.29, 1.82) is 0 Å². The molecular weight excluding hydrogens is 618 g/mol. The number of anilines is 1. The number of halogens is 1. The van der Waals surface area contributed by atoms with Crippen molar-refractivity contribution < 1.29 is 22.7 Å². The average Bonchev–Trinajstić information content (AvgIpc) is 2.96. The van der Waals surface area contributed by atoms with Gasteiger partial charge in [0.2, 0.25) is 11.8 Å². The molecule has 0 saturated heterocycles. The summed E-state index contributed by atoms with van der Waals surface area (Å²) >= 11 is 3.37. The Morgan fingerprint density at radius 1 is 0.976 bits per heavy atom. The highest BCUT2D eigenvalue weighted by Crippen LogP contribution is 2.31. The molecule has 2 amide bonds. The lowest BCUT2D eigenvalue weighted by molar-refractivity contribution is -0.140. The maximum absolute atomic E-state index is 14.2. The zero-order valence-electron chi connectivity index (χ0n) is 25.1. The van der Waals surface area contributed by atoms with Gasteiger partial charge >= 0.3 is 0 Å². The molecule has 0 heterocycles. The Balaban J connectivity index is 2.09. The summed E-state index contributed by atoms with van der Waals surface area (Å²) < 4.78 is 35.1. The first kappa shape index (κ1) is 33.1. The van der Waals surface area contributed by atoms with E-state index in [1.807, 2.05) is 58.9 Å². The van der Waals surface area contributed by atoms with Crippen molar-refractivity contribution in [2.75, 3.05) is 18.0 Å². The predicted octanol–water partition coefficient (Wildman–Crippen LogP) is 5.99. The van der Waals surface area contributed by atoms with Gasteiger partial charge in [-0.3, -0.25) is 13.9 Å². The minimum atomic E-state index is -4.20. The number of nitrogens with one attached hydrogen (secondary N) is 1. The van der Waals surface area contributed by atoms with E-state index >= 15 is 0 Å². The summed E-state index contributed by atoms with van der Waals surface area (Å²) in [5, 5.41) is 3.00. The molecule has 0 aliphatic heterocycles. The fourth-order valence-electron chi connectivity index (χ4n) is 4.51. The quantitative estimate of drug-likeness (QED) is 0.244. The third kappa shape index (κ3) is 7.92. The molecule has 0 unspecified atom stereocenters. The van der Waals surface area contributed by atoms with Crippen LogP contribution in [0.5, 0.6) is 5.75 Å². The van der Waals surface area contributed by atoms with E-state index in [1.165, 1.54) is 24.1 Å². The predicted molar refractivity (Wildman–Crippen MR) is 170 cm³/mol. The molecule has 0 aromatic heterocycles. The molecule has 0 aliphatic rings. The van der Waals surface area contributed by atoms with E-state index in [-0.39, 0.29) is 23.4 Å². The fraction of sp³-hybridized carbons (Fsp3) is 0.375. The van der Waals surface area contributed by atoms with Gasteiger partial charge in [-0.05, 0) is 91.0 Å². The lowest BCUT2D eigenvalue weighted by atomic mass is 10.1. The van der Waals surface area contributed by atoms with Crippen molar-refractivity contribution in [3.8, 4) is 5.75 Å². The molecule has 0 radical (unpaired) electrons. The van der Waals surface area contributed by atoms with Crippen LogP contribution in [0.15, 0.2) is 76.1 Å². The van der Waals surface area contributed by atoms with E-state index < -0.39 is 28.5 Å². The number of methoxy groups -OCH3 is 1. The number of hydrogen-bond acceptors (Lipinski definition) is 5. The van der Waals surface area contributed by atoms with Gasteiger partial charge in [0.05, 0.1) is 22.2 Å². The van der Waals surface area contributed by atoms with Crippen molar-refractivity contribution in [1.82, 2.24) is 10.2 Å². The average molecular weight is 659 g/mol. The molecule has 0 saturated carbocycles. The Kier molecular flexibility index (Phi) is 11.6. The van der Waals surface area contributed by atoms with E-state index in [0.717, 1.165) is 27.4 Å². The standard InChI is InChI=1S/C32H40BrN3O5S/c1-7-24(5)34-32(38)29(8-2)35(20-25-12-10-9-11-23(25)4)31(37)21-36(26-15-13-22(3)14-16-26)42(39,40)27-17-18-30(41-6)28(33)19-27/h9-19,24,29H,7-8,20-21H2,1-6H3,(H,34,38)/t24-,29+/m1/s1. The van der Waals surface area contributed by atoms with E-state index in [2.05, 4.69) is 21.2 Å². The van der Waals surface area contributed by atoms with Crippen molar-refractivity contribution in [2.45, 2.75) is 71.0 Å². The SMILES string of the molecule is CC[C@@H](C)NC(=O)[C@H](CC)N(Cc1ccccc1C)C(=O)CN(c1ccc(C)cc1)S(=O)(=O)c1ccc(OC)c(Br)c1. The number of amides is 2. The number of nitrogens with zero attached hydrogens (tertiary/aromatic N) is 2. The maximum atomic E-state index is 14.2. The molecule has 0 fully saturated rings. The normalized spacial score (nSPS) is 12.7. The zero-order chi connectivity index (χ0) is 31.0. The molecule has 42 heavy (non-hydrogen) atoms. The van der Waals surface area contributed by atoms with Gasteiger partial charge in [-0.25, -0.2) is 8.42 Å². The van der Waals surface area contributed by atoms with Crippen molar-refractivity contribution in [2.24, 2.45) is 0 Å². The molecule has 2 atom stereocenters. The Bertz CT molecular complexity index is 1490. The monoisotopic (exact) mass is 657 g/mol. The topological polar surface area (TPSA) is 96.0 Å². The first-order chi connectivity index (χ1) is 19.9. The minimum Gasteiger partial charge on any atom is -0.496 e. The van der Waals surface area contributed by atoms with E-state index in [4.69, 9.17) is 4.74 Å². The molecule has 226 valence electrons. The van der Waals surface area contributed by atoms with E-state index in [9.17, 15) is 18.0 Å². The van der Waals surface area contributed by atoms with Crippen molar-refractivity contribution in [3.05, 3.63) is 87.9 Å². The van der Waals surface area contributed by atoms with Gasteiger partial charge in [0.25, 0.3) is 10.0 Å². The Morgan fingerprint density at radius 2 is 1.64 bits per heavy atom. The summed E-state index contributed by atoms with van der Waals surface area (Å²) in [5.41, 5.74) is 3.14. The van der Waals surface area contributed by atoms with Crippen LogP contribution in [0.4, 0.5) is 5.69 Å². The largest absolute Gasteiger partial charge is 0.496 e. The Labute approximate surface area is 258 Å². The number of benzene rings is 3. The van der Waals surface area contributed by atoms with Crippen molar-refractivity contribution >= 4 is 43.5 Å². The van der Waals surface area contributed by atoms with Crippen LogP contribution >= 0.6 is 15.9 Å². The minimum absolute atomic E-state index is 0.00411. The number of ether oxygens (including phenoxy) is 1. The molecule has 8 nitrogen and oxygen atoms in total. The highest BCUT2D eigenvalue weighted by Gasteiger charge is 2.34. The van der Waals surface area contributed by atoms with Gasteiger partial charge < -0.3 is 15.0 Å². The van der Waals surface area contributed by atoms with Crippen LogP contribution in [0.1, 0.15) is 50.3 Å². The summed E-state index contributed by atoms with van der Waals surface area (Å²) in [6.45, 7) is 9.26. The second-order valence-corrected chi connectivity index (χ2v) is 13.1. The van der Waals surface area contributed by atoms with E-state index in [1.54, 1.807) is 30.3 Å². The molecule has 0 spiro atoms. The van der Waals surface area contributed by atoms with Gasteiger partial charge in [-0.1, -0.05) is 55.8 Å². The lowest BCUT2D eigenvalue weighted by Crippen LogP contribution is -2.53. The number of carbonyl (C=O) groups excluding carboxylic acids is 2. The van der Waals surface area contributed by atoms with Crippen LogP contribution in [-0.2, 0) is 26.2 Å². The van der Waals surface area contributed by atoms with Gasteiger partial charge in [-0.2, -0.15) is 0 Å². The first-order valence-corrected chi connectivity index (χ1v) is 16.2. The number of aryl methyl sites for hydroxylation is 2. The van der Waals surface area contributed by atoms with E-state index in [0.29, 0.717) is 22.3 Å². The molecular formula is C32H40BrN3O5S. The van der Waals surface area contributed by atoms with Crippen molar-refractivity contribution in [3.63, 3.8) is 0 Å². The van der Waals surface area contributed by atoms with Gasteiger partial charge in [0.1, 0.15) is 18.3 Å². The van der Waals surface area contributed by atoms with Crippen LogP contribution in [0.3, 0.4) is 0 Å². The highest BCUT2D eigenvalue weighted by atomic mass is 79.9. The van der Waals surface area contributed by atoms with Crippen LogP contribution in [-0.4, -0.2) is 50.9 Å². The number of rotatable bonds is 13. The Morgan fingerprint density at radius 3 is 2.21 bits per heavy atom. The summed E-state index contributed by atoms with van der Waals surface area (Å²) in [6, 6.07) is 18.2. The number of hydrogen-bond donors (Lipinski definition) is 1. The molecule has 3 aromatic rings. The highest BCUT2D eigenvalue weighted by molar-refractivity contribution is 9.10. The first-order valence-electron chi connectivity index (χ1n) is 14.0. The zero-order valence-corrected chi connectivity index (χ0v) is 27.5. The molecule has 10 heteroatoms.